The minimum Gasteiger partial charge on any atom is -0.378 e. The van der Waals surface area contributed by atoms with E-state index >= 15 is 0 Å². The summed E-state index contributed by atoms with van der Waals surface area (Å²) in [5.41, 5.74) is 2.03. The molecular weight excluding hydrogens is 377 g/mol. The molecule has 2 N–H and O–H groups in total. The van der Waals surface area contributed by atoms with Gasteiger partial charge in [0.1, 0.15) is 0 Å². The lowest BCUT2D eigenvalue weighted by Crippen LogP contribution is -2.33. The molecule has 3 rings (SSSR count). The van der Waals surface area contributed by atoms with Crippen molar-refractivity contribution in [2.24, 2.45) is 5.92 Å². The van der Waals surface area contributed by atoms with E-state index in [1.165, 1.54) is 6.20 Å². The predicted octanol–water partition coefficient (Wildman–Crippen LogP) is 2.85. The summed E-state index contributed by atoms with van der Waals surface area (Å²) in [6.45, 7) is 1.29. The van der Waals surface area contributed by atoms with Gasteiger partial charge in [0.15, 0.2) is 5.01 Å². The third kappa shape index (κ3) is 4.59. The number of carbonyl (C=O) groups is 1. The lowest BCUT2D eigenvalue weighted by Gasteiger charge is -2.17. The number of carbonyl (C=O) groups excluding carboxylic acids is 1. The highest BCUT2D eigenvalue weighted by atomic mass is 32.1. The van der Waals surface area contributed by atoms with Gasteiger partial charge in [0, 0.05) is 56.4 Å². The van der Waals surface area contributed by atoms with Gasteiger partial charge in [-0.2, -0.15) is 13.2 Å². The Labute approximate surface area is 159 Å². The van der Waals surface area contributed by atoms with E-state index in [1.807, 2.05) is 43.3 Å². The molecule has 0 unspecified atom stereocenters. The lowest BCUT2D eigenvalue weighted by molar-refractivity contribution is -0.137. The van der Waals surface area contributed by atoms with Crippen molar-refractivity contribution in [3.8, 4) is 0 Å². The highest BCUT2D eigenvalue weighted by Gasteiger charge is 2.39. The molecule has 9 heteroatoms. The van der Waals surface area contributed by atoms with Crippen LogP contribution in [0.3, 0.4) is 0 Å². The molecule has 0 saturated carbocycles. The SMILES string of the molecule is CN(C)c1ccc(CNC(=O)[C@H]2CNC[C@@H]2c2cnc(C(F)(F)F)s2)cc1. The number of hydrogen-bond donors (Lipinski definition) is 2. The number of halogens is 3. The molecule has 27 heavy (non-hydrogen) atoms. The van der Waals surface area contributed by atoms with Crippen molar-refractivity contribution in [3.05, 3.63) is 45.9 Å². The second kappa shape index (κ2) is 7.85. The number of aromatic nitrogens is 1. The predicted molar refractivity (Wildman–Crippen MR) is 98.8 cm³/mol. The number of hydrogen-bond acceptors (Lipinski definition) is 5. The summed E-state index contributed by atoms with van der Waals surface area (Å²) in [5, 5.41) is 5.12. The molecule has 1 fully saturated rings. The first-order chi connectivity index (χ1) is 12.8. The third-order valence-corrected chi connectivity index (χ3v) is 5.78. The summed E-state index contributed by atoms with van der Waals surface area (Å²) in [5.74, 6) is -0.869. The quantitative estimate of drug-likeness (QED) is 0.813. The lowest BCUT2D eigenvalue weighted by atomic mass is 9.94. The minimum absolute atomic E-state index is 0.163. The molecular formula is C18H21F3N4OS. The van der Waals surface area contributed by atoms with Crippen molar-refractivity contribution in [3.63, 3.8) is 0 Å². The van der Waals surface area contributed by atoms with Gasteiger partial charge in [-0.25, -0.2) is 4.98 Å². The summed E-state index contributed by atoms with van der Waals surface area (Å²) < 4.78 is 38.3. The Kier molecular flexibility index (Phi) is 5.71. The maximum absolute atomic E-state index is 12.8. The monoisotopic (exact) mass is 398 g/mol. The molecule has 0 spiro atoms. The van der Waals surface area contributed by atoms with Crippen LogP contribution in [-0.2, 0) is 17.5 Å². The van der Waals surface area contributed by atoms with Crippen LogP contribution in [0.2, 0.25) is 0 Å². The van der Waals surface area contributed by atoms with E-state index < -0.39 is 17.1 Å². The van der Waals surface area contributed by atoms with Crippen molar-refractivity contribution < 1.29 is 18.0 Å². The minimum atomic E-state index is -4.45. The molecule has 0 radical (unpaired) electrons. The van der Waals surface area contributed by atoms with E-state index in [2.05, 4.69) is 15.6 Å². The Morgan fingerprint density at radius 1 is 1.30 bits per heavy atom. The highest BCUT2D eigenvalue weighted by molar-refractivity contribution is 7.11. The number of nitrogens with one attached hydrogen (secondary N) is 2. The fourth-order valence-electron chi connectivity index (χ4n) is 3.07. The number of alkyl halides is 3. The van der Waals surface area contributed by atoms with Crippen LogP contribution in [0.25, 0.3) is 0 Å². The Morgan fingerprint density at radius 2 is 2.00 bits per heavy atom. The molecule has 146 valence electrons. The zero-order chi connectivity index (χ0) is 19.6. The molecule has 2 aromatic rings. The first-order valence-corrected chi connectivity index (χ1v) is 9.35. The Bertz CT molecular complexity index is 789. The van der Waals surface area contributed by atoms with E-state index in [0.717, 1.165) is 11.3 Å². The van der Waals surface area contributed by atoms with Crippen LogP contribution in [-0.4, -0.2) is 38.1 Å². The average molecular weight is 398 g/mol. The van der Waals surface area contributed by atoms with Crippen molar-refractivity contribution in [2.75, 3.05) is 32.1 Å². The molecule has 0 bridgehead atoms. The van der Waals surface area contributed by atoms with Gasteiger partial charge in [-0.3, -0.25) is 4.79 Å². The number of rotatable bonds is 5. The van der Waals surface area contributed by atoms with Crippen LogP contribution in [0.1, 0.15) is 21.4 Å². The van der Waals surface area contributed by atoms with Gasteiger partial charge in [0.25, 0.3) is 0 Å². The fraction of sp³-hybridized carbons (Fsp3) is 0.444. The first-order valence-electron chi connectivity index (χ1n) is 8.53. The van der Waals surface area contributed by atoms with Gasteiger partial charge in [0.2, 0.25) is 5.91 Å². The first kappa shape index (κ1) is 19.6. The summed E-state index contributed by atoms with van der Waals surface area (Å²) >= 11 is 0.616. The molecule has 1 aliphatic heterocycles. The van der Waals surface area contributed by atoms with Gasteiger partial charge < -0.3 is 15.5 Å². The highest BCUT2D eigenvalue weighted by Crippen LogP contribution is 2.38. The molecule has 0 aliphatic carbocycles. The van der Waals surface area contributed by atoms with Crippen molar-refractivity contribution in [1.82, 2.24) is 15.6 Å². The van der Waals surface area contributed by atoms with E-state index in [4.69, 9.17) is 0 Å². The van der Waals surface area contributed by atoms with Crippen LogP contribution >= 0.6 is 11.3 Å². The Hall–Kier alpha value is -2.13. The number of anilines is 1. The van der Waals surface area contributed by atoms with Gasteiger partial charge in [0.05, 0.1) is 5.92 Å². The number of nitrogens with zero attached hydrogens (tertiary/aromatic N) is 2. The topological polar surface area (TPSA) is 57.3 Å². The van der Waals surface area contributed by atoms with Crippen LogP contribution in [0.15, 0.2) is 30.5 Å². The Balaban J connectivity index is 1.62. The Morgan fingerprint density at radius 3 is 2.59 bits per heavy atom. The van der Waals surface area contributed by atoms with Gasteiger partial charge in [-0.15, -0.1) is 11.3 Å². The van der Waals surface area contributed by atoms with E-state index in [9.17, 15) is 18.0 Å². The molecule has 1 saturated heterocycles. The van der Waals surface area contributed by atoms with Crippen LogP contribution in [0.5, 0.6) is 0 Å². The maximum Gasteiger partial charge on any atom is 0.443 e. The summed E-state index contributed by atoms with van der Waals surface area (Å²) in [4.78, 5) is 18.5. The van der Waals surface area contributed by atoms with Crippen LogP contribution in [0.4, 0.5) is 18.9 Å². The fourth-order valence-corrected chi connectivity index (χ4v) is 4.02. The van der Waals surface area contributed by atoms with Gasteiger partial charge >= 0.3 is 6.18 Å². The summed E-state index contributed by atoms with van der Waals surface area (Å²) in [6, 6.07) is 7.83. The summed E-state index contributed by atoms with van der Waals surface area (Å²) in [6.07, 6.45) is -3.21. The number of benzene rings is 1. The largest absolute Gasteiger partial charge is 0.443 e. The van der Waals surface area contributed by atoms with Crippen molar-refractivity contribution in [1.29, 1.82) is 0 Å². The van der Waals surface area contributed by atoms with E-state index in [1.54, 1.807) is 0 Å². The zero-order valence-corrected chi connectivity index (χ0v) is 15.8. The second-order valence-corrected chi connectivity index (χ2v) is 7.78. The third-order valence-electron chi connectivity index (χ3n) is 4.60. The smallest absolute Gasteiger partial charge is 0.378 e. The van der Waals surface area contributed by atoms with Crippen LogP contribution < -0.4 is 15.5 Å². The normalized spacial score (nSPS) is 19.9. The molecule has 2 heterocycles. The van der Waals surface area contributed by atoms with E-state index in [0.29, 0.717) is 35.8 Å². The maximum atomic E-state index is 12.8. The van der Waals surface area contributed by atoms with Gasteiger partial charge in [-0.05, 0) is 17.7 Å². The second-order valence-electron chi connectivity index (χ2n) is 6.72. The molecule has 1 aromatic heterocycles. The van der Waals surface area contributed by atoms with E-state index in [-0.39, 0.29) is 11.8 Å². The molecule has 1 aromatic carbocycles. The van der Waals surface area contributed by atoms with Crippen molar-refractivity contribution >= 4 is 22.9 Å². The molecule has 2 atom stereocenters. The zero-order valence-electron chi connectivity index (χ0n) is 15.0. The molecule has 1 aliphatic rings. The summed E-state index contributed by atoms with van der Waals surface area (Å²) in [7, 11) is 3.90. The number of amides is 1. The average Bonchev–Trinajstić information content (AvgIpc) is 3.28. The molecule has 1 amide bonds. The van der Waals surface area contributed by atoms with Crippen LogP contribution in [0, 0.1) is 5.92 Å². The van der Waals surface area contributed by atoms with Gasteiger partial charge in [-0.1, -0.05) is 12.1 Å². The standard InChI is InChI=1S/C18H21F3N4OS/c1-25(2)12-5-3-11(4-6-12)7-23-16(26)14-9-22-8-13(14)15-10-24-17(27-15)18(19,20)21/h3-6,10,13-14,22H,7-9H2,1-2H3,(H,23,26)/t13-,14-/m0/s1. The number of thiazole rings is 1. The van der Waals surface area contributed by atoms with Crippen molar-refractivity contribution in [2.45, 2.75) is 18.6 Å². The molecule has 5 nitrogen and oxygen atoms in total.